The van der Waals surface area contributed by atoms with Gasteiger partial charge in [-0.05, 0) is 12.5 Å². The fraction of sp³-hybridized carbons (Fsp3) is 0.556. The molecule has 0 aliphatic carbocycles. The molecule has 3 heteroatoms. The van der Waals surface area contributed by atoms with Gasteiger partial charge in [-0.3, -0.25) is 0 Å². The van der Waals surface area contributed by atoms with Gasteiger partial charge in [-0.2, -0.15) is 0 Å². The van der Waals surface area contributed by atoms with E-state index in [4.69, 9.17) is 10.2 Å². The molecule has 1 rings (SSSR count). The molecule has 0 amide bonds. The monoisotopic (exact) mass is 171 g/mol. The highest BCUT2D eigenvalue weighted by Gasteiger charge is 2.30. The molecule has 1 unspecified atom stereocenters. The molecule has 0 saturated heterocycles. The second-order valence-corrected chi connectivity index (χ2v) is 2.93. The van der Waals surface area contributed by atoms with Crippen molar-refractivity contribution in [2.24, 2.45) is 5.73 Å². The predicted octanol–water partition coefficient (Wildman–Crippen LogP) is 2.20. The maximum Gasteiger partial charge on any atom is 0.151 e. The third kappa shape index (κ3) is 1.67. The van der Waals surface area contributed by atoms with E-state index in [0.29, 0.717) is 12.0 Å². The lowest BCUT2D eigenvalue weighted by Gasteiger charge is -2.20. The summed E-state index contributed by atoms with van der Waals surface area (Å²) < 4.78 is 18.7. The zero-order valence-electron chi connectivity index (χ0n) is 7.22. The molecular formula is C9H14FNO. The second kappa shape index (κ2) is 3.72. The van der Waals surface area contributed by atoms with E-state index in [1.165, 1.54) is 12.5 Å². The van der Waals surface area contributed by atoms with Crippen LogP contribution in [0.1, 0.15) is 25.3 Å². The fourth-order valence-electron chi connectivity index (χ4n) is 1.28. The maximum atomic E-state index is 13.9. The summed E-state index contributed by atoms with van der Waals surface area (Å²) in [6, 6.07) is 1.63. The van der Waals surface area contributed by atoms with Gasteiger partial charge in [0.05, 0.1) is 12.5 Å². The molecule has 2 N–H and O–H groups in total. The Morgan fingerprint density at radius 1 is 1.67 bits per heavy atom. The van der Waals surface area contributed by atoms with Crippen LogP contribution >= 0.6 is 0 Å². The molecule has 2 nitrogen and oxygen atoms in total. The molecule has 0 radical (unpaired) electrons. The number of hydrogen-bond donors (Lipinski definition) is 1. The van der Waals surface area contributed by atoms with Gasteiger partial charge in [-0.1, -0.05) is 13.3 Å². The van der Waals surface area contributed by atoms with Gasteiger partial charge < -0.3 is 10.2 Å². The third-order valence-corrected chi connectivity index (χ3v) is 2.01. The first-order chi connectivity index (χ1) is 5.73. The van der Waals surface area contributed by atoms with Crippen molar-refractivity contribution in [1.29, 1.82) is 0 Å². The van der Waals surface area contributed by atoms with Crippen LogP contribution in [0.15, 0.2) is 23.0 Å². The standard InChI is InChI=1S/C9H14FNO/c1-2-4-9(10,7-11)8-3-5-12-6-8/h3,5-6H,2,4,7,11H2,1H3. The highest BCUT2D eigenvalue weighted by atomic mass is 19.1. The Hall–Kier alpha value is -0.830. The van der Waals surface area contributed by atoms with E-state index in [1.54, 1.807) is 6.07 Å². The molecule has 0 spiro atoms. The molecule has 1 aromatic rings. The average molecular weight is 171 g/mol. The van der Waals surface area contributed by atoms with Crippen molar-refractivity contribution in [3.8, 4) is 0 Å². The SMILES string of the molecule is CCCC(F)(CN)c1ccoc1. The minimum atomic E-state index is -1.40. The van der Waals surface area contributed by atoms with Crippen molar-refractivity contribution in [2.45, 2.75) is 25.4 Å². The summed E-state index contributed by atoms with van der Waals surface area (Å²) >= 11 is 0. The van der Waals surface area contributed by atoms with E-state index < -0.39 is 5.67 Å². The number of hydrogen-bond acceptors (Lipinski definition) is 2. The summed E-state index contributed by atoms with van der Waals surface area (Å²) in [5.41, 5.74) is 4.51. The zero-order chi connectivity index (χ0) is 9.03. The van der Waals surface area contributed by atoms with E-state index in [9.17, 15) is 4.39 Å². The lowest BCUT2D eigenvalue weighted by atomic mass is 9.94. The van der Waals surface area contributed by atoms with Crippen LogP contribution in [0.5, 0.6) is 0 Å². The first-order valence-corrected chi connectivity index (χ1v) is 4.14. The molecule has 68 valence electrons. The van der Waals surface area contributed by atoms with E-state index in [2.05, 4.69) is 0 Å². The number of alkyl halides is 1. The quantitative estimate of drug-likeness (QED) is 0.754. The molecule has 12 heavy (non-hydrogen) atoms. The summed E-state index contributed by atoms with van der Waals surface area (Å²) in [7, 11) is 0. The van der Waals surface area contributed by atoms with Gasteiger partial charge in [-0.25, -0.2) is 4.39 Å². The molecule has 0 aromatic carbocycles. The topological polar surface area (TPSA) is 39.2 Å². The van der Waals surface area contributed by atoms with Crippen molar-refractivity contribution in [3.05, 3.63) is 24.2 Å². The van der Waals surface area contributed by atoms with E-state index in [0.717, 1.165) is 6.42 Å². The molecule has 1 heterocycles. The van der Waals surface area contributed by atoms with Crippen molar-refractivity contribution < 1.29 is 8.81 Å². The summed E-state index contributed by atoms with van der Waals surface area (Å²) in [5.74, 6) is 0. The molecule has 0 fully saturated rings. The van der Waals surface area contributed by atoms with Gasteiger partial charge in [0, 0.05) is 12.1 Å². The van der Waals surface area contributed by atoms with Crippen molar-refractivity contribution >= 4 is 0 Å². The Morgan fingerprint density at radius 3 is 2.83 bits per heavy atom. The van der Waals surface area contributed by atoms with E-state index >= 15 is 0 Å². The molecular weight excluding hydrogens is 157 g/mol. The lowest BCUT2D eigenvalue weighted by molar-refractivity contribution is 0.158. The molecule has 0 saturated carbocycles. The third-order valence-electron chi connectivity index (χ3n) is 2.01. The predicted molar refractivity (Wildman–Crippen MR) is 45.5 cm³/mol. The Labute approximate surface area is 71.6 Å². The molecule has 0 aliphatic heterocycles. The van der Waals surface area contributed by atoms with Crippen LogP contribution in [-0.4, -0.2) is 6.54 Å². The van der Waals surface area contributed by atoms with Crippen molar-refractivity contribution in [2.75, 3.05) is 6.54 Å². The smallest absolute Gasteiger partial charge is 0.151 e. The molecule has 0 aliphatic rings. The number of rotatable bonds is 4. The second-order valence-electron chi connectivity index (χ2n) is 2.93. The molecule has 0 bridgehead atoms. The normalized spacial score (nSPS) is 15.9. The fourth-order valence-corrected chi connectivity index (χ4v) is 1.28. The van der Waals surface area contributed by atoms with E-state index in [1.807, 2.05) is 6.92 Å². The van der Waals surface area contributed by atoms with Crippen LogP contribution in [0.2, 0.25) is 0 Å². The van der Waals surface area contributed by atoms with Crippen LogP contribution in [-0.2, 0) is 5.67 Å². The minimum absolute atomic E-state index is 0.0143. The highest BCUT2D eigenvalue weighted by molar-refractivity contribution is 5.16. The van der Waals surface area contributed by atoms with Crippen molar-refractivity contribution in [1.82, 2.24) is 0 Å². The van der Waals surface area contributed by atoms with Gasteiger partial charge in [-0.15, -0.1) is 0 Å². The Balaban J connectivity index is 2.80. The van der Waals surface area contributed by atoms with Crippen molar-refractivity contribution in [3.63, 3.8) is 0 Å². The summed E-state index contributed by atoms with van der Waals surface area (Å²) in [5, 5.41) is 0. The zero-order valence-corrected chi connectivity index (χ0v) is 7.22. The van der Waals surface area contributed by atoms with Gasteiger partial charge in [0.15, 0.2) is 5.67 Å². The highest BCUT2D eigenvalue weighted by Crippen LogP contribution is 2.30. The van der Waals surface area contributed by atoms with Gasteiger partial charge in [0.1, 0.15) is 0 Å². The molecule has 1 atom stereocenters. The lowest BCUT2D eigenvalue weighted by Crippen LogP contribution is -2.29. The van der Waals surface area contributed by atoms with Crippen LogP contribution < -0.4 is 5.73 Å². The molecule has 1 aromatic heterocycles. The first-order valence-electron chi connectivity index (χ1n) is 4.14. The summed E-state index contributed by atoms with van der Waals surface area (Å²) in [4.78, 5) is 0. The number of furan rings is 1. The first kappa shape index (κ1) is 9.26. The van der Waals surface area contributed by atoms with E-state index in [-0.39, 0.29) is 6.54 Å². The largest absolute Gasteiger partial charge is 0.472 e. The maximum absolute atomic E-state index is 13.9. The van der Waals surface area contributed by atoms with Crippen LogP contribution in [0, 0.1) is 0 Å². The van der Waals surface area contributed by atoms with Gasteiger partial charge >= 0.3 is 0 Å². The summed E-state index contributed by atoms with van der Waals surface area (Å²) in [6.45, 7) is 1.95. The van der Waals surface area contributed by atoms with Crippen LogP contribution in [0.4, 0.5) is 4.39 Å². The Bertz CT molecular complexity index is 222. The Morgan fingerprint density at radius 2 is 2.42 bits per heavy atom. The number of halogens is 1. The minimum Gasteiger partial charge on any atom is -0.472 e. The van der Waals surface area contributed by atoms with Gasteiger partial charge in [0.2, 0.25) is 0 Å². The number of nitrogens with two attached hydrogens (primary N) is 1. The summed E-state index contributed by atoms with van der Waals surface area (Å²) in [6.07, 6.45) is 4.11. The van der Waals surface area contributed by atoms with Crippen LogP contribution in [0.25, 0.3) is 0 Å². The van der Waals surface area contributed by atoms with Gasteiger partial charge in [0.25, 0.3) is 0 Å². The Kier molecular flexibility index (Phi) is 2.87. The average Bonchev–Trinajstić information content (AvgIpc) is 2.57. The van der Waals surface area contributed by atoms with Crippen LogP contribution in [0.3, 0.4) is 0 Å².